The second kappa shape index (κ2) is 5.18. The molecule has 0 atom stereocenters. The molecule has 3 N–H and O–H groups in total. The second-order valence-electron chi connectivity index (χ2n) is 3.98. The first kappa shape index (κ1) is 12.6. The van der Waals surface area contributed by atoms with Crippen LogP contribution in [-0.4, -0.2) is 5.91 Å². The molecule has 0 bridgehead atoms. The lowest BCUT2D eigenvalue weighted by Crippen LogP contribution is -2.09. The molecule has 0 saturated carbocycles. The minimum Gasteiger partial charge on any atom is -0.380 e. The summed E-state index contributed by atoms with van der Waals surface area (Å²) in [5, 5.41) is 4.86. The number of carbonyl (C=O) groups excluding carboxylic acids is 1. The summed E-state index contributed by atoms with van der Waals surface area (Å²) in [6.07, 6.45) is 0. The van der Waals surface area contributed by atoms with Crippen molar-refractivity contribution in [3.63, 3.8) is 0 Å². The largest absolute Gasteiger partial charge is 0.380 e. The minimum atomic E-state index is -0.431. The maximum atomic E-state index is 13.1. The topological polar surface area (TPSA) is 55.1 Å². The predicted octanol–water partition coefficient (Wildman–Crippen LogP) is 2.91. The zero-order chi connectivity index (χ0) is 13.1. The monoisotopic (exact) mass is 264 g/mol. The summed E-state index contributed by atoms with van der Waals surface area (Å²) in [5.74, 6) is -0.702. The van der Waals surface area contributed by atoms with Crippen LogP contribution >= 0.6 is 11.3 Å². The van der Waals surface area contributed by atoms with E-state index in [0.717, 1.165) is 16.1 Å². The van der Waals surface area contributed by atoms with Crippen LogP contribution < -0.4 is 11.1 Å². The van der Waals surface area contributed by atoms with Crippen LogP contribution in [0.15, 0.2) is 29.6 Å². The Hall–Kier alpha value is -1.88. The Labute approximate surface area is 108 Å². The summed E-state index contributed by atoms with van der Waals surface area (Å²) in [6, 6.07) is 6.35. The molecule has 0 aliphatic heterocycles. The van der Waals surface area contributed by atoms with Crippen LogP contribution in [0.5, 0.6) is 0 Å². The molecule has 2 rings (SSSR count). The molecular formula is C13H13FN2OS. The summed E-state index contributed by atoms with van der Waals surface area (Å²) in [5.41, 5.74) is 7.41. The van der Waals surface area contributed by atoms with Crippen molar-refractivity contribution < 1.29 is 9.18 Å². The van der Waals surface area contributed by atoms with Gasteiger partial charge in [0.2, 0.25) is 5.91 Å². The van der Waals surface area contributed by atoms with Gasteiger partial charge < -0.3 is 11.1 Å². The fourth-order valence-corrected chi connectivity index (χ4v) is 2.38. The van der Waals surface area contributed by atoms with Crippen molar-refractivity contribution >= 4 is 22.9 Å². The van der Waals surface area contributed by atoms with Gasteiger partial charge in [-0.15, -0.1) is 11.3 Å². The average molecular weight is 264 g/mol. The number of carbonyl (C=O) groups is 1. The van der Waals surface area contributed by atoms with Crippen molar-refractivity contribution in [3.05, 3.63) is 51.5 Å². The summed E-state index contributed by atoms with van der Waals surface area (Å²) in [4.78, 5) is 11.9. The Kier molecular flexibility index (Phi) is 3.62. The summed E-state index contributed by atoms with van der Waals surface area (Å²) >= 11 is 1.45. The molecule has 1 amide bonds. The molecule has 2 aromatic rings. The summed E-state index contributed by atoms with van der Waals surface area (Å²) in [6.45, 7) is 2.45. The third-order valence-corrected chi connectivity index (χ3v) is 3.53. The van der Waals surface area contributed by atoms with E-state index in [1.165, 1.54) is 23.5 Å². The molecule has 18 heavy (non-hydrogen) atoms. The van der Waals surface area contributed by atoms with Gasteiger partial charge in [0.05, 0.1) is 5.56 Å². The first-order chi connectivity index (χ1) is 8.56. The number of nitrogens with one attached hydrogen (secondary N) is 1. The van der Waals surface area contributed by atoms with Crippen molar-refractivity contribution in [1.29, 1.82) is 0 Å². The fraction of sp³-hybridized carbons (Fsp3) is 0.154. The van der Waals surface area contributed by atoms with Crippen molar-refractivity contribution in [2.24, 2.45) is 5.73 Å². The molecular weight excluding hydrogens is 251 g/mol. The number of thiophene rings is 1. The second-order valence-corrected chi connectivity index (χ2v) is 4.97. The zero-order valence-electron chi connectivity index (χ0n) is 9.87. The summed E-state index contributed by atoms with van der Waals surface area (Å²) in [7, 11) is 0. The molecule has 3 nitrogen and oxygen atoms in total. The van der Waals surface area contributed by atoms with E-state index in [4.69, 9.17) is 5.73 Å². The van der Waals surface area contributed by atoms with Gasteiger partial charge in [-0.1, -0.05) is 6.07 Å². The quantitative estimate of drug-likeness (QED) is 0.892. The molecule has 0 unspecified atom stereocenters. The zero-order valence-corrected chi connectivity index (χ0v) is 10.7. The van der Waals surface area contributed by atoms with Crippen LogP contribution in [0, 0.1) is 12.7 Å². The maximum Gasteiger partial charge on any atom is 0.249 e. The molecule has 1 aromatic heterocycles. The van der Waals surface area contributed by atoms with Crippen molar-refractivity contribution in [2.45, 2.75) is 13.5 Å². The highest BCUT2D eigenvalue weighted by molar-refractivity contribution is 7.10. The highest BCUT2D eigenvalue weighted by Gasteiger charge is 2.05. The Morgan fingerprint density at radius 1 is 1.44 bits per heavy atom. The van der Waals surface area contributed by atoms with Gasteiger partial charge >= 0.3 is 0 Å². The molecule has 1 aromatic carbocycles. The number of benzene rings is 1. The molecule has 1 heterocycles. The van der Waals surface area contributed by atoms with Crippen LogP contribution in [0.4, 0.5) is 10.1 Å². The molecule has 0 radical (unpaired) electrons. The average Bonchev–Trinajstić information content (AvgIpc) is 2.79. The number of nitrogens with two attached hydrogens (primary N) is 1. The van der Waals surface area contributed by atoms with Crippen LogP contribution in [0.25, 0.3) is 0 Å². The number of aryl methyl sites for hydroxylation is 1. The molecule has 0 aliphatic rings. The lowest BCUT2D eigenvalue weighted by molar-refractivity contribution is 0.100. The lowest BCUT2D eigenvalue weighted by atomic mass is 10.2. The number of hydrogen-bond acceptors (Lipinski definition) is 3. The predicted molar refractivity (Wildman–Crippen MR) is 71.3 cm³/mol. The van der Waals surface area contributed by atoms with Crippen molar-refractivity contribution in [1.82, 2.24) is 0 Å². The number of primary amides is 1. The molecule has 0 spiro atoms. The van der Waals surface area contributed by atoms with Crippen LogP contribution in [0.3, 0.4) is 0 Å². The Bertz CT molecular complexity index is 580. The molecule has 0 aliphatic carbocycles. The van der Waals surface area contributed by atoms with Gasteiger partial charge in [0.1, 0.15) is 5.82 Å². The van der Waals surface area contributed by atoms with Crippen molar-refractivity contribution in [2.75, 3.05) is 5.32 Å². The first-order valence-electron chi connectivity index (χ1n) is 5.43. The molecule has 0 saturated heterocycles. The van der Waals surface area contributed by atoms with E-state index in [1.54, 1.807) is 17.5 Å². The number of amides is 1. The Morgan fingerprint density at radius 3 is 2.89 bits per heavy atom. The van der Waals surface area contributed by atoms with E-state index in [0.29, 0.717) is 12.1 Å². The lowest BCUT2D eigenvalue weighted by Gasteiger charge is -2.08. The Balaban J connectivity index is 2.06. The molecule has 0 fully saturated rings. The summed E-state index contributed by atoms with van der Waals surface area (Å²) < 4.78 is 13.1. The van der Waals surface area contributed by atoms with E-state index in [9.17, 15) is 9.18 Å². The van der Waals surface area contributed by atoms with Crippen LogP contribution in [0.2, 0.25) is 0 Å². The van der Waals surface area contributed by atoms with Gasteiger partial charge in [-0.2, -0.15) is 0 Å². The Morgan fingerprint density at radius 2 is 2.22 bits per heavy atom. The van der Waals surface area contributed by atoms with Gasteiger partial charge in [-0.05, 0) is 30.7 Å². The first-order valence-corrected chi connectivity index (χ1v) is 6.31. The standard InChI is InChI=1S/C13H13FN2OS/c1-8-2-3-10(14)5-12(8)16-6-11-4-9(7-18-11)13(15)17/h2-5,7,16H,6H2,1H3,(H2,15,17). The number of rotatable bonds is 4. The van der Waals surface area contributed by atoms with Gasteiger partial charge in [0.15, 0.2) is 0 Å². The molecule has 94 valence electrons. The third-order valence-electron chi connectivity index (χ3n) is 2.59. The van der Waals surface area contributed by atoms with E-state index >= 15 is 0 Å². The normalized spacial score (nSPS) is 10.3. The van der Waals surface area contributed by atoms with Gasteiger partial charge in [0, 0.05) is 22.5 Å². The van der Waals surface area contributed by atoms with Crippen LogP contribution in [0.1, 0.15) is 20.8 Å². The van der Waals surface area contributed by atoms with E-state index in [1.807, 2.05) is 6.92 Å². The van der Waals surface area contributed by atoms with E-state index in [-0.39, 0.29) is 5.82 Å². The smallest absolute Gasteiger partial charge is 0.249 e. The molecule has 5 heteroatoms. The highest BCUT2D eigenvalue weighted by Crippen LogP contribution is 2.19. The third kappa shape index (κ3) is 2.87. The number of hydrogen-bond donors (Lipinski definition) is 2. The maximum absolute atomic E-state index is 13.1. The highest BCUT2D eigenvalue weighted by atomic mass is 32.1. The van der Waals surface area contributed by atoms with Gasteiger partial charge in [-0.3, -0.25) is 4.79 Å². The SMILES string of the molecule is Cc1ccc(F)cc1NCc1cc(C(N)=O)cs1. The van der Waals surface area contributed by atoms with Gasteiger partial charge in [-0.25, -0.2) is 4.39 Å². The number of anilines is 1. The van der Waals surface area contributed by atoms with E-state index < -0.39 is 5.91 Å². The minimum absolute atomic E-state index is 0.271. The fourth-order valence-electron chi connectivity index (χ4n) is 1.57. The van der Waals surface area contributed by atoms with Crippen LogP contribution in [-0.2, 0) is 6.54 Å². The van der Waals surface area contributed by atoms with Gasteiger partial charge in [0.25, 0.3) is 0 Å². The van der Waals surface area contributed by atoms with Crippen molar-refractivity contribution in [3.8, 4) is 0 Å². The van der Waals surface area contributed by atoms with E-state index in [2.05, 4.69) is 5.32 Å². The number of halogens is 1.